The molecule has 2 atom stereocenters. The van der Waals surface area contributed by atoms with Crippen molar-refractivity contribution in [2.45, 2.75) is 32.2 Å². The topological polar surface area (TPSA) is 12.0 Å². The maximum atomic E-state index is 12.9. The minimum absolute atomic E-state index is 0.166. The quantitative estimate of drug-likeness (QED) is 0.758. The molecule has 0 saturated heterocycles. The van der Waals surface area contributed by atoms with Gasteiger partial charge in [0.25, 0.3) is 0 Å². The van der Waals surface area contributed by atoms with Crippen molar-refractivity contribution in [1.82, 2.24) is 0 Å². The molecule has 1 aliphatic carbocycles. The Morgan fingerprint density at radius 2 is 2.21 bits per heavy atom. The molecule has 0 radical (unpaired) electrons. The summed E-state index contributed by atoms with van der Waals surface area (Å²) in [5, 5.41) is 3.37. The molecule has 0 aliphatic heterocycles. The SMILES string of the molecule is C[C@@H]1CC[C@H](Nc2cccc(F)c2)C1. The number of rotatable bonds is 2. The summed E-state index contributed by atoms with van der Waals surface area (Å²) in [4.78, 5) is 0. The predicted octanol–water partition coefficient (Wildman–Crippen LogP) is 3.43. The van der Waals surface area contributed by atoms with E-state index >= 15 is 0 Å². The van der Waals surface area contributed by atoms with Crippen LogP contribution >= 0.6 is 0 Å². The van der Waals surface area contributed by atoms with Crippen molar-refractivity contribution in [3.05, 3.63) is 30.1 Å². The third kappa shape index (κ3) is 2.25. The van der Waals surface area contributed by atoms with Crippen molar-refractivity contribution in [2.75, 3.05) is 5.32 Å². The number of hydrogen-bond acceptors (Lipinski definition) is 1. The fourth-order valence-electron chi connectivity index (χ4n) is 2.15. The second kappa shape index (κ2) is 3.99. The van der Waals surface area contributed by atoms with E-state index in [4.69, 9.17) is 0 Å². The van der Waals surface area contributed by atoms with Gasteiger partial charge in [-0.1, -0.05) is 13.0 Å². The van der Waals surface area contributed by atoms with Gasteiger partial charge in [-0.3, -0.25) is 0 Å². The Labute approximate surface area is 84.3 Å². The van der Waals surface area contributed by atoms with Gasteiger partial charge in [0.15, 0.2) is 0 Å². The molecule has 0 bridgehead atoms. The lowest BCUT2D eigenvalue weighted by atomic mass is 10.1. The Balaban J connectivity index is 1.97. The summed E-state index contributed by atoms with van der Waals surface area (Å²) >= 11 is 0. The first kappa shape index (κ1) is 9.50. The van der Waals surface area contributed by atoms with Gasteiger partial charge in [-0.25, -0.2) is 4.39 Å². The highest BCUT2D eigenvalue weighted by atomic mass is 19.1. The van der Waals surface area contributed by atoms with Crippen LogP contribution in [0.4, 0.5) is 10.1 Å². The van der Waals surface area contributed by atoms with E-state index in [1.54, 1.807) is 12.1 Å². The van der Waals surface area contributed by atoms with Gasteiger partial charge in [0.05, 0.1) is 0 Å². The molecule has 0 spiro atoms. The molecule has 2 heteroatoms. The number of anilines is 1. The van der Waals surface area contributed by atoms with Crippen molar-refractivity contribution in [3.8, 4) is 0 Å². The summed E-state index contributed by atoms with van der Waals surface area (Å²) in [6, 6.07) is 7.24. The van der Waals surface area contributed by atoms with Crippen molar-refractivity contribution in [3.63, 3.8) is 0 Å². The molecule has 1 aliphatic rings. The van der Waals surface area contributed by atoms with E-state index < -0.39 is 0 Å². The van der Waals surface area contributed by atoms with E-state index in [1.165, 1.54) is 25.3 Å². The second-order valence-corrected chi connectivity index (χ2v) is 4.27. The molecule has 1 N–H and O–H groups in total. The lowest BCUT2D eigenvalue weighted by molar-refractivity contribution is 0.602. The zero-order valence-corrected chi connectivity index (χ0v) is 8.46. The van der Waals surface area contributed by atoms with Gasteiger partial charge in [0.2, 0.25) is 0 Å². The molecule has 76 valence electrons. The molecule has 2 rings (SSSR count). The lowest BCUT2D eigenvalue weighted by Gasteiger charge is -2.13. The smallest absolute Gasteiger partial charge is 0.125 e. The molecule has 1 saturated carbocycles. The Morgan fingerprint density at radius 1 is 1.36 bits per heavy atom. The maximum Gasteiger partial charge on any atom is 0.125 e. The van der Waals surface area contributed by atoms with Gasteiger partial charge < -0.3 is 5.32 Å². The largest absolute Gasteiger partial charge is 0.382 e. The van der Waals surface area contributed by atoms with E-state index in [2.05, 4.69) is 12.2 Å². The highest BCUT2D eigenvalue weighted by molar-refractivity contribution is 5.44. The highest BCUT2D eigenvalue weighted by Gasteiger charge is 2.20. The summed E-state index contributed by atoms with van der Waals surface area (Å²) < 4.78 is 12.9. The van der Waals surface area contributed by atoms with Crippen molar-refractivity contribution in [1.29, 1.82) is 0 Å². The van der Waals surface area contributed by atoms with Crippen molar-refractivity contribution >= 4 is 5.69 Å². The molecule has 0 unspecified atom stereocenters. The van der Waals surface area contributed by atoms with Crippen LogP contribution in [0.15, 0.2) is 24.3 Å². The average molecular weight is 193 g/mol. The molecule has 0 heterocycles. The van der Waals surface area contributed by atoms with Gasteiger partial charge in [-0.05, 0) is 43.4 Å². The zero-order valence-electron chi connectivity index (χ0n) is 8.46. The van der Waals surface area contributed by atoms with E-state index in [9.17, 15) is 4.39 Å². The number of nitrogens with one attached hydrogen (secondary N) is 1. The number of hydrogen-bond donors (Lipinski definition) is 1. The monoisotopic (exact) mass is 193 g/mol. The number of benzene rings is 1. The summed E-state index contributed by atoms with van der Waals surface area (Å²) in [6.45, 7) is 2.27. The molecular weight excluding hydrogens is 177 g/mol. The maximum absolute atomic E-state index is 12.9. The van der Waals surface area contributed by atoms with Crippen molar-refractivity contribution < 1.29 is 4.39 Å². The zero-order chi connectivity index (χ0) is 9.97. The predicted molar refractivity (Wildman–Crippen MR) is 56.8 cm³/mol. The van der Waals surface area contributed by atoms with Crippen LogP contribution in [0, 0.1) is 11.7 Å². The summed E-state index contributed by atoms with van der Waals surface area (Å²) in [7, 11) is 0. The van der Waals surface area contributed by atoms with E-state index in [0.717, 1.165) is 11.6 Å². The lowest BCUT2D eigenvalue weighted by Crippen LogP contribution is -2.15. The second-order valence-electron chi connectivity index (χ2n) is 4.27. The van der Waals surface area contributed by atoms with E-state index in [-0.39, 0.29) is 5.82 Å². The first-order chi connectivity index (χ1) is 6.74. The molecule has 14 heavy (non-hydrogen) atoms. The minimum Gasteiger partial charge on any atom is -0.382 e. The fraction of sp³-hybridized carbons (Fsp3) is 0.500. The summed E-state index contributed by atoms with van der Waals surface area (Å²) in [5.74, 6) is 0.641. The Kier molecular flexibility index (Phi) is 2.71. The van der Waals surface area contributed by atoms with Crippen LogP contribution in [0.1, 0.15) is 26.2 Å². The average Bonchev–Trinajstić information content (AvgIpc) is 2.51. The van der Waals surface area contributed by atoms with Crippen LogP contribution in [0.5, 0.6) is 0 Å². The van der Waals surface area contributed by atoms with Gasteiger partial charge in [-0.2, -0.15) is 0 Å². The molecular formula is C12H16FN. The van der Waals surface area contributed by atoms with Gasteiger partial charge >= 0.3 is 0 Å². The molecule has 0 amide bonds. The first-order valence-corrected chi connectivity index (χ1v) is 5.26. The summed E-state index contributed by atoms with van der Waals surface area (Å²) in [5.41, 5.74) is 0.907. The Morgan fingerprint density at radius 3 is 2.86 bits per heavy atom. The summed E-state index contributed by atoms with van der Waals surface area (Å²) in [6.07, 6.45) is 3.70. The first-order valence-electron chi connectivity index (χ1n) is 5.26. The Hall–Kier alpha value is -1.05. The van der Waals surface area contributed by atoms with Gasteiger partial charge in [0.1, 0.15) is 5.82 Å². The van der Waals surface area contributed by atoms with E-state index in [0.29, 0.717) is 6.04 Å². The van der Waals surface area contributed by atoms with Crippen LogP contribution in [-0.4, -0.2) is 6.04 Å². The molecule has 1 aromatic rings. The molecule has 1 fully saturated rings. The van der Waals surface area contributed by atoms with Crippen LogP contribution in [0.2, 0.25) is 0 Å². The third-order valence-corrected chi connectivity index (χ3v) is 2.89. The van der Waals surface area contributed by atoms with Crippen LogP contribution in [0.25, 0.3) is 0 Å². The highest BCUT2D eigenvalue weighted by Crippen LogP contribution is 2.27. The number of halogens is 1. The molecule has 1 aromatic carbocycles. The fourth-order valence-corrected chi connectivity index (χ4v) is 2.15. The molecule has 0 aromatic heterocycles. The van der Waals surface area contributed by atoms with Crippen LogP contribution < -0.4 is 5.32 Å². The van der Waals surface area contributed by atoms with Gasteiger partial charge in [-0.15, -0.1) is 0 Å². The van der Waals surface area contributed by atoms with Crippen molar-refractivity contribution in [2.24, 2.45) is 5.92 Å². The van der Waals surface area contributed by atoms with Crippen LogP contribution in [-0.2, 0) is 0 Å². The Bertz CT molecular complexity index is 311. The third-order valence-electron chi connectivity index (χ3n) is 2.89. The minimum atomic E-state index is -0.166. The van der Waals surface area contributed by atoms with Crippen LogP contribution in [0.3, 0.4) is 0 Å². The van der Waals surface area contributed by atoms with Gasteiger partial charge in [0, 0.05) is 11.7 Å². The van der Waals surface area contributed by atoms with E-state index in [1.807, 2.05) is 6.07 Å². The standard InChI is InChI=1S/C12H16FN/c1-9-5-6-12(7-9)14-11-4-2-3-10(13)8-11/h2-4,8-9,12,14H,5-7H2,1H3/t9-,12+/m1/s1. The molecule has 1 nitrogen and oxygen atoms in total. The normalized spacial score (nSPS) is 26.4.